The van der Waals surface area contributed by atoms with Crippen LogP contribution in [0.4, 0.5) is 11.4 Å². The van der Waals surface area contributed by atoms with Crippen LogP contribution >= 0.6 is 0 Å². The van der Waals surface area contributed by atoms with Crippen molar-refractivity contribution >= 4 is 30.0 Å². The third kappa shape index (κ3) is 6.02. The number of anilines is 2. The lowest BCUT2D eigenvalue weighted by Crippen LogP contribution is -2.39. The molecular weight excluding hydrogens is 388 g/mol. The second-order valence-electron chi connectivity index (χ2n) is 7.93. The predicted molar refractivity (Wildman–Crippen MR) is 129 cm³/mol. The molecular formula is C24H30N6O. The summed E-state index contributed by atoms with van der Waals surface area (Å²) in [5.74, 6) is 0.142. The molecule has 0 spiro atoms. The van der Waals surface area contributed by atoms with Gasteiger partial charge in [-0.25, -0.2) is 9.98 Å². The molecule has 0 saturated carbocycles. The van der Waals surface area contributed by atoms with Crippen LogP contribution in [0.25, 0.3) is 11.1 Å². The second-order valence-corrected chi connectivity index (χ2v) is 7.93. The molecule has 0 aliphatic carbocycles. The first kappa shape index (κ1) is 22.2. The van der Waals surface area contributed by atoms with Gasteiger partial charge in [0.25, 0.3) is 5.91 Å². The van der Waals surface area contributed by atoms with Crippen molar-refractivity contribution in [3.05, 3.63) is 60.3 Å². The Morgan fingerprint density at radius 2 is 1.87 bits per heavy atom. The van der Waals surface area contributed by atoms with E-state index in [1.54, 1.807) is 19.2 Å². The standard InChI is InChI=1S/C24H30N6O/c1-17(16-28-23(26-3)30-24(2)11-13-27-14-12-24)22(31)29-21-15-19(9-10-20(21)25)18-7-5-4-6-8-18/h4-10,15-16,27H,3,11-14,25H2,1-2H3,(H,28,30)(H,29,31)/b17-16+. The third-order valence-corrected chi connectivity index (χ3v) is 5.39. The number of carbonyl (C=O) groups excluding carboxylic acids is 1. The fourth-order valence-corrected chi connectivity index (χ4v) is 3.38. The fraction of sp³-hybridized carbons (Fsp3) is 0.292. The summed E-state index contributed by atoms with van der Waals surface area (Å²) >= 11 is 0. The van der Waals surface area contributed by atoms with Gasteiger partial charge in [0.15, 0.2) is 0 Å². The minimum Gasteiger partial charge on any atom is -0.397 e. The van der Waals surface area contributed by atoms with E-state index >= 15 is 0 Å². The minimum atomic E-state index is -0.263. The molecule has 0 atom stereocenters. The van der Waals surface area contributed by atoms with Crippen LogP contribution in [0.15, 0.2) is 70.3 Å². The molecule has 0 aromatic heterocycles. The van der Waals surface area contributed by atoms with E-state index in [9.17, 15) is 4.79 Å². The Kier molecular flexibility index (Phi) is 7.20. The number of nitrogens with two attached hydrogens (primary N) is 1. The molecule has 5 N–H and O–H groups in total. The lowest BCUT2D eigenvalue weighted by Gasteiger charge is -2.30. The van der Waals surface area contributed by atoms with Gasteiger partial charge in [-0.1, -0.05) is 36.4 Å². The highest BCUT2D eigenvalue weighted by atomic mass is 16.1. The maximum atomic E-state index is 12.7. The third-order valence-electron chi connectivity index (χ3n) is 5.39. The van der Waals surface area contributed by atoms with E-state index in [0.29, 0.717) is 22.9 Å². The zero-order valence-electron chi connectivity index (χ0n) is 18.1. The fourth-order valence-electron chi connectivity index (χ4n) is 3.38. The van der Waals surface area contributed by atoms with Crippen molar-refractivity contribution in [2.75, 3.05) is 24.1 Å². The maximum Gasteiger partial charge on any atom is 0.252 e. The van der Waals surface area contributed by atoms with Gasteiger partial charge >= 0.3 is 0 Å². The largest absolute Gasteiger partial charge is 0.397 e. The predicted octanol–water partition coefficient (Wildman–Crippen LogP) is 3.57. The molecule has 0 radical (unpaired) electrons. The SMILES string of the molecule is C=NC(=NC1(C)CCNCC1)N/C=C(\C)C(=O)Nc1cc(-c2ccccc2)ccc1N. The molecule has 0 bridgehead atoms. The Labute approximate surface area is 183 Å². The van der Waals surface area contributed by atoms with Gasteiger partial charge in [0.05, 0.1) is 16.9 Å². The second kappa shape index (κ2) is 10.0. The number of piperidine rings is 1. The number of hydrogen-bond donors (Lipinski definition) is 4. The summed E-state index contributed by atoms with van der Waals surface area (Å²) < 4.78 is 0. The van der Waals surface area contributed by atoms with Crippen molar-refractivity contribution in [1.82, 2.24) is 10.6 Å². The molecule has 31 heavy (non-hydrogen) atoms. The number of nitrogens with one attached hydrogen (secondary N) is 3. The molecule has 7 nitrogen and oxygen atoms in total. The highest BCUT2D eigenvalue weighted by molar-refractivity contribution is 6.05. The quantitative estimate of drug-likeness (QED) is 0.258. The maximum absolute atomic E-state index is 12.7. The molecule has 1 aliphatic rings. The Balaban J connectivity index is 1.70. The molecule has 1 aliphatic heterocycles. The van der Waals surface area contributed by atoms with Crippen LogP contribution in [0.1, 0.15) is 26.7 Å². The zero-order valence-corrected chi connectivity index (χ0v) is 18.1. The van der Waals surface area contributed by atoms with Crippen LogP contribution in [0.3, 0.4) is 0 Å². The van der Waals surface area contributed by atoms with Crippen molar-refractivity contribution < 1.29 is 4.79 Å². The first-order chi connectivity index (χ1) is 14.9. The first-order valence-corrected chi connectivity index (χ1v) is 10.4. The van der Waals surface area contributed by atoms with Gasteiger partial charge in [-0.05, 0) is 69.8 Å². The number of amides is 1. The van der Waals surface area contributed by atoms with Crippen LogP contribution in [-0.4, -0.2) is 37.2 Å². The molecule has 1 heterocycles. The van der Waals surface area contributed by atoms with Gasteiger partial charge in [0, 0.05) is 11.8 Å². The smallest absolute Gasteiger partial charge is 0.252 e. The number of aliphatic imine (C=N–C) groups is 2. The molecule has 2 aromatic rings. The summed E-state index contributed by atoms with van der Waals surface area (Å²) in [7, 11) is 0. The molecule has 162 valence electrons. The molecule has 0 unspecified atom stereocenters. The topological polar surface area (TPSA) is 104 Å². The van der Waals surface area contributed by atoms with Crippen LogP contribution < -0.4 is 21.7 Å². The van der Waals surface area contributed by atoms with E-state index in [1.807, 2.05) is 42.5 Å². The number of guanidine groups is 1. The van der Waals surface area contributed by atoms with Crippen LogP contribution in [0.5, 0.6) is 0 Å². The van der Waals surface area contributed by atoms with E-state index in [0.717, 1.165) is 37.1 Å². The molecule has 1 saturated heterocycles. The van der Waals surface area contributed by atoms with Crippen LogP contribution in [0.2, 0.25) is 0 Å². The van der Waals surface area contributed by atoms with Crippen molar-refractivity contribution in [3.63, 3.8) is 0 Å². The van der Waals surface area contributed by atoms with Gasteiger partial charge in [0.1, 0.15) is 0 Å². The highest BCUT2D eigenvalue weighted by Crippen LogP contribution is 2.27. The summed E-state index contributed by atoms with van der Waals surface area (Å²) in [6, 6.07) is 15.5. The summed E-state index contributed by atoms with van der Waals surface area (Å²) in [5, 5.41) is 9.22. The Morgan fingerprint density at radius 1 is 1.16 bits per heavy atom. The number of nitrogen functional groups attached to an aromatic ring is 1. The summed E-state index contributed by atoms with van der Waals surface area (Å²) in [5.41, 5.74) is 9.46. The summed E-state index contributed by atoms with van der Waals surface area (Å²) in [6.07, 6.45) is 3.44. The Bertz CT molecular complexity index is 990. The molecule has 3 rings (SSSR count). The number of benzene rings is 2. The van der Waals surface area contributed by atoms with Crippen LogP contribution in [0, 0.1) is 0 Å². The van der Waals surface area contributed by atoms with Gasteiger partial charge in [-0.15, -0.1) is 0 Å². The lowest BCUT2D eigenvalue weighted by molar-refractivity contribution is -0.112. The summed E-state index contributed by atoms with van der Waals surface area (Å²) in [6.45, 7) is 9.26. The van der Waals surface area contributed by atoms with Crippen LogP contribution in [-0.2, 0) is 4.79 Å². The van der Waals surface area contributed by atoms with Gasteiger partial charge in [-0.3, -0.25) is 4.79 Å². The first-order valence-electron chi connectivity index (χ1n) is 10.4. The molecule has 1 amide bonds. The zero-order chi connectivity index (χ0) is 22.3. The van der Waals surface area contributed by atoms with E-state index in [2.05, 4.69) is 34.6 Å². The van der Waals surface area contributed by atoms with Crippen molar-refractivity contribution in [3.8, 4) is 11.1 Å². The van der Waals surface area contributed by atoms with E-state index in [-0.39, 0.29) is 11.4 Å². The van der Waals surface area contributed by atoms with Crippen molar-refractivity contribution in [1.29, 1.82) is 0 Å². The summed E-state index contributed by atoms with van der Waals surface area (Å²) in [4.78, 5) is 21.4. The van der Waals surface area contributed by atoms with Crippen molar-refractivity contribution in [2.45, 2.75) is 32.2 Å². The molecule has 1 fully saturated rings. The Morgan fingerprint density at radius 3 is 2.55 bits per heavy atom. The number of nitrogens with zero attached hydrogens (tertiary/aromatic N) is 2. The minimum absolute atomic E-state index is 0.189. The average Bonchev–Trinajstić information content (AvgIpc) is 2.78. The highest BCUT2D eigenvalue weighted by Gasteiger charge is 2.26. The number of carbonyl (C=O) groups is 1. The van der Waals surface area contributed by atoms with Crippen molar-refractivity contribution in [2.24, 2.45) is 9.98 Å². The normalized spacial score (nSPS) is 16.5. The average molecular weight is 419 g/mol. The monoisotopic (exact) mass is 418 g/mol. The van der Waals surface area contributed by atoms with E-state index in [1.165, 1.54) is 0 Å². The van der Waals surface area contributed by atoms with Gasteiger partial charge < -0.3 is 21.7 Å². The number of rotatable bonds is 5. The Hall–Kier alpha value is -3.45. The van der Waals surface area contributed by atoms with E-state index in [4.69, 9.17) is 10.7 Å². The lowest BCUT2D eigenvalue weighted by atomic mass is 9.91. The number of hydrogen-bond acceptors (Lipinski definition) is 4. The van der Waals surface area contributed by atoms with Gasteiger partial charge in [-0.2, -0.15) is 0 Å². The van der Waals surface area contributed by atoms with Gasteiger partial charge in [0.2, 0.25) is 5.96 Å². The van der Waals surface area contributed by atoms with E-state index < -0.39 is 0 Å². The molecule has 2 aromatic carbocycles. The molecule has 7 heteroatoms.